The van der Waals surface area contributed by atoms with Crippen LogP contribution in [0.2, 0.25) is 0 Å². The zero-order chi connectivity index (χ0) is 30.2. The molecule has 1 aromatic rings. The summed E-state index contributed by atoms with van der Waals surface area (Å²) in [6, 6.07) is 6.35. The molecular weight excluding hydrogens is 531 g/mol. The van der Waals surface area contributed by atoms with E-state index in [4.69, 9.17) is 5.73 Å². The lowest BCUT2D eigenvalue weighted by Crippen LogP contribution is -2.55. The fraction of sp³-hybridized carbons (Fsp3) is 0.444. The Morgan fingerprint density at radius 3 is 2.15 bits per heavy atom. The quantitative estimate of drug-likeness (QED) is 0.0799. The van der Waals surface area contributed by atoms with E-state index < -0.39 is 29.9 Å². The number of carbonyl (C=O) groups is 7. The van der Waals surface area contributed by atoms with Crippen LogP contribution in [0.5, 0.6) is 0 Å². The van der Waals surface area contributed by atoms with E-state index in [9.17, 15) is 33.6 Å². The topological polar surface area (TPSA) is 197 Å². The number of amides is 7. The average molecular weight is 568 g/mol. The summed E-state index contributed by atoms with van der Waals surface area (Å²) in [7, 11) is 1.32. The van der Waals surface area contributed by atoms with Crippen molar-refractivity contribution in [2.24, 2.45) is 5.73 Å². The molecule has 7 amide bonds. The first-order valence-corrected chi connectivity index (χ1v) is 13.5. The summed E-state index contributed by atoms with van der Waals surface area (Å²) >= 11 is 0. The van der Waals surface area contributed by atoms with Crippen molar-refractivity contribution in [2.75, 3.05) is 19.6 Å². The lowest BCUT2D eigenvalue weighted by atomic mass is 10.0. The number of urea groups is 1. The van der Waals surface area contributed by atoms with Crippen molar-refractivity contribution in [1.29, 1.82) is 0 Å². The van der Waals surface area contributed by atoms with Crippen LogP contribution < -0.4 is 27.0 Å². The summed E-state index contributed by atoms with van der Waals surface area (Å²) in [5.41, 5.74) is 5.61. The van der Waals surface area contributed by atoms with Crippen molar-refractivity contribution in [3.8, 4) is 0 Å². The summed E-state index contributed by atoms with van der Waals surface area (Å²) in [4.78, 5) is 85.5. The summed E-state index contributed by atoms with van der Waals surface area (Å²) in [5, 5.41) is 10.3. The first-order chi connectivity index (χ1) is 19.6. The van der Waals surface area contributed by atoms with Crippen LogP contribution >= 0.6 is 0 Å². The van der Waals surface area contributed by atoms with E-state index in [0.29, 0.717) is 25.7 Å². The van der Waals surface area contributed by atoms with E-state index >= 15 is 0 Å². The lowest BCUT2D eigenvalue weighted by Gasteiger charge is -2.23. The van der Waals surface area contributed by atoms with Gasteiger partial charge in [-0.25, -0.2) is 4.79 Å². The predicted octanol–water partition coefficient (Wildman–Crippen LogP) is -1.59. The maximum Gasteiger partial charge on any atom is 0.312 e. The van der Waals surface area contributed by atoms with Crippen molar-refractivity contribution in [3.63, 3.8) is 0 Å². The molecule has 0 unspecified atom stereocenters. The molecule has 0 bridgehead atoms. The molecule has 13 nitrogen and oxygen atoms in total. The van der Waals surface area contributed by atoms with E-state index in [0.717, 1.165) is 10.5 Å². The molecule has 2 rings (SSSR count). The van der Waals surface area contributed by atoms with Crippen LogP contribution in [0, 0.1) is 0 Å². The van der Waals surface area contributed by atoms with Gasteiger partial charge in [-0.3, -0.25) is 28.9 Å². The van der Waals surface area contributed by atoms with Crippen LogP contribution in [0.25, 0.3) is 0 Å². The van der Waals surface area contributed by atoms with Gasteiger partial charge in [-0.15, -0.1) is 0 Å². The molecule has 41 heavy (non-hydrogen) atoms. The van der Waals surface area contributed by atoms with Gasteiger partial charge in [0.15, 0.2) is 7.85 Å². The Kier molecular flexibility index (Phi) is 13.8. The molecule has 0 aliphatic carbocycles. The van der Waals surface area contributed by atoms with Gasteiger partial charge in [0.1, 0.15) is 17.8 Å². The van der Waals surface area contributed by atoms with Gasteiger partial charge in [0.25, 0.3) is 11.8 Å². The van der Waals surface area contributed by atoms with Crippen LogP contribution in [0.3, 0.4) is 0 Å². The number of benzene rings is 1. The van der Waals surface area contributed by atoms with Crippen molar-refractivity contribution in [3.05, 3.63) is 48.0 Å². The second kappa shape index (κ2) is 17.3. The molecule has 2 atom stereocenters. The third-order valence-electron chi connectivity index (χ3n) is 6.23. The van der Waals surface area contributed by atoms with Gasteiger partial charge < -0.3 is 31.8 Å². The molecule has 220 valence electrons. The molecule has 1 aliphatic rings. The standard InChI is InChI=1S/C27H37BN6O7/c28-21(35)17-31-25(39)19(10-7-14-30-27(29)41)33-26(40)20(16-18-8-3-1-4-9-18)32-22(36)11-5-2-6-15-34-23(37)12-13-24(34)38/h1,3-4,8-9,12-13,19-20H,2,5-7,10-11,14-17,28H2,(H,31,39)(H,32,36)(H,33,40)(H3,29,30,41)/t19-,20-/m0/s1. The van der Waals surface area contributed by atoms with E-state index in [-0.39, 0.29) is 62.3 Å². The number of primary amides is 1. The Hall–Kier alpha value is -4.49. The Bertz CT molecular complexity index is 1130. The molecular formula is C27H37BN6O7. The zero-order valence-electron chi connectivity index (χ0n) is 23.1. The molecule has 1 heterocycles. The van der Waals surface area contributed by atoms with E-state index in [1.165, 1.54) is 20.0 Å². The Labute approximate surface area is 239 Å². The Balaban J connectivity index is 1.98. The highest BCUT2D eigenvalue weighted by Gasteiger charge is 2.27. The first-order valence-electron chi connectivity index (χ1n) is 13.5. The van der Waals surface area contributed by atoms with Gasteiger partial charge in [0.2, 0.25) is 17.7 Å². The highest BCUT2D eigenvalue weighted by molar-refractivity contribution is 6.58. The monoisotopic (exact) mass is 568 g/mol. The Morgan fingerprint density at radius 1 is 0.829 bits per heavy atom. The zero-order valence-corrected chi connectivity index (χ0v) is 23.1. The fourth-order valence-corrected chi connectivity index (χ4v) is 4.10. The molecule has 0 saturated heterocycles. The summed E-state index contributed by atoms with van der Waals surface area (Å²) < 4.78 is 0. The predicted molar refractivity (Wildman–Crippen MR) is 152 cm³/mol. The number of nitrogens with zero attached hydrogens (tertiary/aromatic N) is 1. The molecule has 1 aromatic carbocycles. The van der Waals surface area contributed by atoms with E-state index in [1.54, 1.807) is 12.1 Å². The van der Waals surface area contributed by atoms with Crippen molar-refractivity contribution < 1.29 is 33.6 Å². The highest BCUT2D eigenvalue weighted by atomic mass is 16.2. The number of hydrogen-bond donors (Lipinski definition) is 5. The van der Waals surface area contributed by atoms with Crippen LogP contribution in [0.15, 0.2) is 42.5 Å². The molecule has 6 N–H and O–H groups in total. The van der Waals surface area contributed by atoms with Crippen LogP contribution in [0.1, 0.15) is 44.1 Å². The van der Waals surface area contributed by atoms with Gasteiger partial charge in [-0.2, -0.15) is 0 Å². The average Bonchev–Trinajstić information content (AvgIpc) is 3.25. The van der Waals surface area contributed by atoms with Gasteiger partial charge in [0.05, 0.1) is 6.54 Å². The molecule has 14 heteroatoms. The number of unbranched alkanes of at least 4 members (excludes halogenated alkanes) is 2. The second-order valence-electron chi connectivity index (χ2n) is 9.70. The molecule has 0 fully saturated rings. The second-order valence-corrected chi connectivity index (χ2v) is 9.70. The Morgan fingerprint density at radius 2 is 1.51 bits per heavy atom. The number of rotatable bonds is 18. The minimum Gasteiger partial charge on any atom is -0.352 e. The third-order valence-corrected chi connectivity index (χ3v) is 6.23. The first kappa shape index (κ1) is 32.7. The maximum atomic E-state index is 13.3. The fourth-order valence-electron chi connectivity index (χ4n) is 4.10. The normalized spacial score (nSPS) is 13.8. The SMILES string of the molecule is BC(=O)CNC(=O)[C@H](CCCNC(N)=O)NC(=O)[C@H](Cc1ccccc1)NC(=O)CCCCCN1C(=O)C=CC1=O. The summed E-state index contributed by atoms with van der Waals surface area (Å²) in [6.07, 6.45) is 4.85. The summed E-state index contributed by atoms with van der Waals surface area (Å²) in [6.45, 7) is 0.251. The number of nitrogens with one attached hydrogen (secondary N) is 4. The number of carbonyl (C=O) groups excluding carboxylic acids is 7. The minimum absolute atomic E-state index is 0.125. The number of hydrogen-bond acceptors (Lipinski definition) is 7. The van der Waals surface area contributed by atoms with Crippen LogP contribution in [-0.4, -0.2) is 85.7 Å². The van der Waals surface area contributed by atoms with Gasteiger partial charge in [-0.1, -0.05) is 36.8 Å². The van der Waals surface area contributed by atoms with Gasteiger partial charge in [-0.05, 0) is 31.2 Å². The number of imide groups is 1. The summed E-state index contributed by atoms with van der Waals surface area (Å²) in [5.74, 6) is -2.20. The van der Waals surface area contributed by atoms with Crippen molar-refractivity contribution in [1.82, 2.24) is 26.2 Å². The smallest absolute Gasteiger partial charge is 0.312 e. The van der Waals surface area contributed by atoms with E-state index in [1.807, 2.05) is 18.2 Å². The minimum atomic E-state index is -1.02. The molecule has 0 radical (unpaired) electrons. The van der Waals surface area contributed by atoms with Crippen LogP contribution in [0.4, 0.5) is 4.79 Å². The lowest BCUT2D eigenvalue weighted by molar-refractivity contribution is -0.137. The molecule has 0 saturated carbocycles. The van der Waals surface area contributed by atoms with Crippen molar-refractivity contribution in [2.45, 2.75) is 57.0 Å². The third kappa shape index (κ3) is 12.5. The largest absolute Gasteiger partial charge is 0.352 e. The highest BCUT2D eigenvalue weighted by Crippen LogP contribution is 2.09. The number of nitrogens with two attached hydrogens (primary N) is 1. The van der Waals surface area contributed by atoms with E-state index in [2.05, 4.69) is 21.3 Å². The molecule has 0 spiro atoms. The van der Waals surface area contributed by atoms with Gasteiger partial charge >= 0.3 is 6.03 Å². The van der Waals surface area contributed by atoms with Gasteiger partial charge in [0, 0.05) is 38.1 Å². The van der Waals surface area contributed by atoms with Crippen LogP contribution in [-0.2, 0) is 35.2 Å². The maximum absolute atomic E-state index is 13.3. The molecule has 1 aliphatic heterocycles. The molecule has 0 aromatic heterocycles. The van der Waals surface area contributed by atoms with Crippen molar-refractivity contribution >= 4 is 49.1 Å².